The fraction of sp³-hybridized carbons (Fsp3) is 0.259. The molecule has 0 saturated carbocycles. The predicted octanol–water partition coefficient (Wildman–Crippen LogP) is 9.26. The molecule has 0 radical (unpaired) electrons. The van der Waals surface area contributed by atoms with Gasteiger partial charge in [-0.05, 0) is 47.9 Å². The number of hydrogen-bond acceptors (Lipinski definition) is 2. The molecule has 1 heterocycles. The van der Waals surface area contributed by atoms with E-state index in [9.17, 15) is 18.0 Å². The minimum atomic E-state index is -4.57. The van der Waals surface area contributed by atoms with E-state index in [0.29, 0.717) is 16.7 Å². The Hall–Kier alpha value is -2.34. The van der Waals surface area contributed by atoms with Gasteiger partial charge in [0.1, 0.15) is 0 Å². The van der Waals surface area contributed by atoms with E-state index in [2.05, 4.69) is 4.98 Å². The summed E-state index contributed by atoms with van der Waals surface area (Å²) in [5.41, 5.74) is 1.96. The van der Waals surface area contributed by atoms with Gasteiger partial charge in [-0.15, -0.1) is 0 Å². The van der Waals surface area contributed by atoms with E-state index in [1.165, 1.54) is 6.08 Å². The normalized spacial score (nSPS) is 13.3. The molecule has 0 bridgehead atoms. The number of carbonyl (C=O) groups is 1. The van der Waals surface area contributed by atoms with Crippen LogP contribution in [-0.2, 0) is 5.41 Å². The number of carbonyl (C=O) groups excluding carboxylic acids is 1. The molecular formula is C27H23Cl3F3NO. The smallest absolute Gasteiger partial charge is 0.294 e. The Morgan fingerprint density at radius 3 is 2.23 bits per heavy atom. The van der Waals surface area contributed by atoms with Crippen molar-refractivity contribution in [3.05, 3.63) is 104 Å². The van der Waals surface area contributed by atoms with Crippen molar-refractivity contribution in [2.75, 3.05) is 0 Å². The minimum absolute atomic E-state index is 0.00379. The molecule has 0 aliphatic heterocycles. The summed E-state index contributed by atoms with van der Waals surface area (Å²) in [6.07, 6.45) is -0.231. The molecule has 1 unspecified atom stereocenters. The first-order valence-electron chi connectivity index (χ1n) is 10.7. The fourth-order valence-electron chi connectivity index (χ4n) is 3.82. The first-order valence-corrected chi connectivity index (χ1v) is 11.9. The topological polar surface area (TPSA) is 30.0 Å². The maximum atomic E-state index is 13.8. The van der Waals surface area contributed by atoms with Crippen LogP contribution >= 0.6 is 34.8 Å². The Balaban J connectivity index is 1.84. The number of allylic oxidation sites excluding steroid dienone is 1. The third-order valence-corrected chi connectivity index (χ3v) is 6.91. The van der Waals surface area contributed by atoms with Crippen molar-refractivity contribution in [1.82, 2.24) is 4.98 Å². The number of aryl methyl sites for hydroxylation is 1. The lowest BCUT2D eigenvalue weighted by molar-refractivity contribution is -0.139. The lowest BCUT2D eigenvalue weighted by Crippen LogP contribution is -2.23. The molecule has 35 heavy (non-hydrogen) atoms. The van der Waals surface area contributed by atoms with E-state index in [0.717, 1.165) is 23.9 Å². The van der Waals surface area contributed by atoms with Gasteiger partial charge in [0.25, 0.3) is 0 Å². The van der Waals surface area contributed by atoms with Crippen LogP contribution in [0.1, 0.15) is 58.9 Å². The van der Waals surface area contributed by atoms with Crippen molar-refractivity contribution in [3.63, 3.8) is 0 Å². The Morgan fingerprint density at radius 1 is 1.03 bits per heavy atom. The Kier molecular flexibility index (Phi) is 8.36. The number of nitrogens with zero attached hydrogens (tertiary/aromatic N) is 1. The Morgan fingerprint density at radius 2 is 1.69 bits per heavy atom. The predicted molar refractivity (Wildman–Crippen MR) is 137 cm³/mol. The van der Waals surface area contributed by atoms with Gasteiger partial charge >= 0.3 is 6.18 Å². The highest BCUT2D eigenvalue weighted by Crippen LogP contribution is 2.41. The molecule has 3 rings (SSSR count). The van der Waals surface area contributed by atoms with E-state index in [-0.39, 0.29) is 32.8 Å². The molecule has 0 aliphatic rings. The largest absolute Gasteiger partial charge is 0.399 e. The van der Waals surface area contributed by atoms with E-state index in [1.807, 2.05) is 32.0 Å². The maximum Gasteiger partial charge on any atom is 0.399 e. The number of ketones is 1. The molecule has 0 fully saturated rings. The lowest BCUT2D eigenvalue weighted by Gasteiger charge is -2.23. The minimum Gasteiger partial charge on any atom is -0.294 e. The Bertz CT molecular complexity index is 1230. The van der Waals surface area contributed by atoms with Crippen LogP contribution in [0.5, 0.6) is 0 Å². The first-order chi connectivity index (χ1) is 16.3. The van der Waals surface area contributed by atoms with E-state index in [4.69, 9.17) is 34.8 Å². The summed E-state index contributed by atoms with van der Waals surface area (Å²) < 4.78 is 41.4. The van der Waals surface area contributed by atoms with Gasteiger partial charge in [0, 0.05) is 29.3 Å². The summed E-state index contributed by atoms with van der Waals surface area (Å²) in [7, 11) is 0. The molecule has 3 aromatic rings. The molecule has 0 aliphatic carbocycles. The van der Waals surface area contributed by atoms with Gasteiger partial charge in [-0.2, -0.15) is 13.2 Å². The standard InChI is InChI=1S/C27H23Cl3F3NO/c1-16-12-17(7-9-19(16)23(35)15-26(2,3)24-6-4-5-11-34-24)8-10-20(27(31,32)33)18-13-21(28)25(30)22(29)14-18/h4-14,20H,15H2,1-3H3/b10-8+. The third-order valence-electron chi connectivity index (χ3n) is 5.71. The van der Waals surface area contributed by atoms with Crippen molar-refractivity contribution in [3.8, 4) is 0 Å². The molecule has 1 aromatic heterocycles. The SMILES string of the molecule is Cc1cc(/C=C/C(c2cc(Cl)c(Cl)c(Cl)c2)C(F)(F)F)ccc1C(=O)CC(C)(C)c1ccccn1. The number of benzene rings is 2. The van der Waals surface area contributed by atoms with Crippen LogP contribution in [0.25, 0.3) is 6.08 Å². The molecule has 0 saturated heterocycles. The van der Waals surface area contributed by atoms with Crippen molar-refractivity contribution < 1.29 is 18.0 Å². The number of Topliss-reactive ketones (excluding diaryl/α,β-unsaturated/α-hetero) is 1. The number of rotatable bonds is 7. The van der Waals surface area contributed by atoms with Gasteiger partial charge in [0.15, 0.2) is 5.78 Å². The second kappa shape index (κ2) is 10.7. The van der Waals surface area contributed by atoms with Crippen LogP contribution in [0.4, 0.5) is 13.2 Å². The highest BCUT2D eigenvalue weighted by atomic mass is 35.5. The van der Waals surface area contributed by atoms with Gasteiger partial charge in [-0.1, -0.05) is 85.1 Å². The van der Waals surface area contributed by atoms with Crippen molar-refractivity contribution in [2.45, 2.75) is 44.7 Å². The first kappa shape index (κ1) is 27.3. The van der Waals surface area contributed by atoms with E-state index >= 15 is 0 Å². The zero-order valence-corrected chi connectivity index (χ0v) is 21.5. The van der Waals surface area contributed by atoms with Gasteiger partial charge in [-0.25, -0.2) is 0 Å². The highest BCUT2D eigenvalue weighted by Gasteiger charge is 2.39. The van der Waals surface area contributed by atoms with Crippen LogP contribution in [0.15, 0.2) is 60.8 Å². The van der Waals surface area contributed by atoms with E-state index < -0.39 is 17.5 Å². The number of aromatic nitrogens is 1. The number of alkyl halides is 3. The maximum absolute atomic E-state index is 13.8. The van der Waals surface area contributed by atoms with Gasteiger partial charge in [0.2, 0.25) is 0 Å². The summed E-state index contributed by atoms with van der Waals surface area (Å²) in [4.78, 5) is 17.4. The van der Waals surface area contributed by atoms with Crippen LogP contribution in [-0.4, -0.2) is 16.9 Å². The number of hydrogen-bond donors (Lipinski definition) is 0. The molecule has 8 heteroatoms. The second-order valence-corrected chi connectivity index (χ2v) is 10.1. The van der Waals surface area contributed by atoms with Gasteiger partial charge < -0.3 is 0 Å². The van der Waals surface area contributed by atoms with E-state index in [1.54, 1.807) is 31.3 Å². The lowest BCUT2D eigenvalue weighted by atomic mass is 9.81. The molecular weight excluding hydrogens is 518 g/mol. The van der Waals surface area contributed by atoms with Crippen LogP contribution in [0, 0.1) is 6.92 Å². The monoisotopic (exact) mass is 539 g/mol. The van der Waals surface area contributed by atoms with Gasteiger partial charge in [0.05, 0.1) is 21.0 Å². The molecule has 0 spiro atoms. The van der Waals surface area contributed by atoms with Crippen molar-refractivity contribution in [2.24, 2.45) is 0 Å². The Labute approximate surface area is 217 Å². The molecule has 0 N–H and O–H groups in total. The second-order valence-electron chi connectivity index (χ2n) is 8.95. The quantitative estimate of drug-likeness (QED) is 0.221. The number of pyridine rings is 1. The third kappa shape index (κ3) is 6.66. The van der Waals surface area contributed by atoms with Crippen LogP contribution < -0.4 is 0 Å². The van der Waals surface area contributed by atoms with Gasteiger partial charge in [-0.3, -0.25) is 9.78 Å². The fourth-order valence-corrected chi connectivity index (χ4v) is 4.44. The molecule has 2 aromatic carbocycles. The van der Waals surface area contributed by atoms with Crippen molar-refractivity contribution >= 4 is 46.7 Å². The number of halogens is 6. The summed E-state index contributed by atoms with van der Waals surface area (Å²) >= 11 is 17.8. The molecule has 2 nitrogen and oxygen atoms in total. The highest BCUT2D eigenvalue weighted by molar-refractivity contribution is 6.48. The molecule has 184 valence electrons. The summed E-state index contributed by atoms with van der Waals surface area (Å²) in [5.74, 6) is -2.00. The summed E-state index contributed by atoms with van der Waals surface area (Å²) in [6, 6.07) is 12.9. The summed E-state index contributed by atoms with van der Waals surface area (Å²) in [5, 5.41) is -0.0996. The van der Waals surface area contributed by atoms with Crippen LogP contribution in [0.2, 0.25) is 15.1 Å². The van der Waals surface area contributed by atoms with Crippen LogP contribution in [0.3, 0.4) is 0 Å². The molecule has 1 atom stereocenters. The zero-order chi connectivity index (χ0) is 26.0. The average Bonchev–Trinajstić information content (AvgIpc) is 2.77. The van der Waals surface area contributed by atoms with Crippen molar-refractivity contribution in [1.29, 1.82) is 0 Å². The zero-order valence-electron chi connectivity index (χ0n) is 19.3. The average molecular weight is 541 g/mol. The summed E-state index contributed by atoms with van der Waals surface area (Å²) in [6.45, 7) is 5.66. The molecule has 0 amide bonds.